The van der Waals surface area contributed by atoms with Crippen molar-refractivity contribution in [2.75, 3.05) is 23.9 Å². The van der Waals surface area contributed by atoms with E-state index in [4.69, 9.17) is 4.74 Å². The second kappa shape index (κ2) is 9.92. The molecule has 0 bridgehead atoms. The standard InChI is InChI=1S/C26H22F3N3O3/c1-35-23-7-3-2-5-21(23)17-8-14-20(15-9-17)32-16-4-6-22(24(32)33)31-25(34)30-19-12-10-18(11-13-19)26(27,28)29/h2-3,5-15H,4,16H2,1H3,(H2,30,31,34). The van der Waals surface area contributed by atoms with Gasteiger partial charge in [-0.15, -0.1) is 0 Å². The van der Waals surface area contributed by atoms with Crippen molar-refractivity contribution in [1.82, 2.24) is 5.32 Å². The van der Waals surface area contributed by atoms with Gasteiger partial charge in [-0.05, 0) is 54.4 Å². The predicted octanol–water partition coefficient (Wildman–Crippen LogP) is 5.82. The number of rotatable bonds is 5. The molecule has 0 aliphatic carbocycles. The van der Waals surface area contributed by atoms with Gasteiger partial charge in [0.05, 0.1) is 12.7 Å². The highest BCUT2D eigenvalue weighted by molar-refractivity contribution is 6.09. The molecule has 6 nitrogen and oxygen atoms in total. The van der Waals surface area contributed by atoms with Gasteiger partial charge in [-0.1, -0.05) is 36.4 Å². The lowest BCUT2D eigenvalue weighted by molar-refractivity contribution is -0.137. The largest absolute Gasteiger partial charge is 0.496 e. The average Bonchev–Trinajstić information content (AvgIpc) is 2.85. The van der Waals surface area contributed by atoms with Crippen LogP contribution in [0.1, 0.15) is 12.0 Å². The van der Waals surface area contributed by atoms with Crippen LogP contribution in [0.15, 0.2) is 84.6 Å². The van der Waals surface area contributed by atoms with Crippen LogP contribution in [0.4, 0.5) is 29.3 Å². The molecule has 0 saturated heterocycles. The molecular weight excluding hydrogens is 459 g/mol. The van der Waals surface area contributed by atoms with Crippen LogP contribution in [-0.2, 0) is 11.0 Å². The van der Waals surface area contributed by atoms with Gasteiger partial charge in [0.2, 0.25) is 0 Å². The first kappa shape index (κ1) is 23.9. The van der Waals surface area contributed by atoms with Crippen LogP contribution < -0.4 is 20.3 Å². The van der Waals surface area contributed by atoms with Gasteiger partial charge in [0.1, 0.15) is 11.4 Å². The summed E-state index contributed by atoms with van der Waals surface area (Å²) in [7, 11) is 1.61. The van der Waals surface area contributed by atoms with Gasteiger partial charge in [0, 0.05) is 23.5 Å². The molecule has 35 heavy (non-hydrogen) atoms. The monoisotopic (exact) mass is 481 g/mol. The van der Waals surface area contributed by atoms with Crippen LogP contribution in [-0.4, -0.2) is 25.6 Å². The molecule has 180 valence electrons. The molecule has 3 aromatic rings. The summed E-state index contributed by atoms with van der Waals surface area (Å²) in [6.07, 6.45) is -2.32. The molecule has 0 fully saturated rings. The van der Waals surface area contributed by atoms with Crippen molar-refractivity contribution in [3.8, 4) is 16.9 Å². The first-order valence-electron chi connectivity index (χ1n) is 10.8. The maximum atomic E-state index is 13.0. The fraction of sp³-hybridized carbons (Fsp3) is 0.154. The number of hydrogen-bond donors (Lipinski definition) is 2. The molecule has 1 aliphatic rings. The van der Waals surface area contributed by atoms with Crippen LogP contribution in [0.3, 0.4) is 0 Å². The highest BCUT2D eigenvalue weighted by Gasteiger charge is 2.30. The SMILES string of the molecule is COc1ccccc1-c1ccc(N2CCC=C(NC(=O)Nc3ccc(C(F)(F)F)cc3)C2=O)cc1. The zero-order valence-electron chi connectivity index (χ0n) is 18.7. The van der Waals surface area contributed by atoms with Crippen LogP contribution in [0, 0.1) is 0 Å². The molecule has 2 N–H and O–H groups in total. The van der Waals surface area contributed by atoms with E-state index in [9.17, 15) is 22.8 Å². The van der Waals surface area contributed by atoms with E-state index in [1.807, 2.05) is 48.5 Å². The number of carbonyl (C=O) groups excluding carboxylic acids is 2. The molecular formula is C26H22F3N3O3. The fourth-order valence-electron chi connectivity index (χ4n) is 3.75. The number of nitrogens with one attached hydrogen (secondary N) is 2. The van der Waals surface area contributed by atoms with Crippen LogP contribution in [0.5, 0.6) is 5.75 Å². The van der Waals surface area contributed by atoms with Crippen LogP contribution >= 0.6 is 0 Å². The molecule has 0 spiro atoms. The Balaban J connectivity index is 1.42. The average molecular weight is 481 g/mol. The Bertz CT molecular complexity index is 1250. The number of benzene rings is 3. The van der Waals surface area contributed by atoms with E-state index < -0.39 is 17.8 Å². The van der Waals surface area contributed by atoms with Crippen molar-refractivity contribution >= 4 is 23.3 Å². The summed E-state index contributed by atoms with van der Waals surface area (Å²) >= 11 is 0. The molecule has 0 atom stereocenters. The highest BCUT2D eigenvalue weighted by atomic mass is 19.4. The summed E-state index contributed by atoms with van der Waals surface area (Å²) in [5.74, 6) is 0.353. The third-order valence-electron chi connectivity index (χ3n) is 5.49. The Hall–Kier alpha value is -4.27. The van der Waals surface area contributed by atoms with Gasteiger partial charge in [-0.2, -0.15) is 13.2 Å². The maximum absolute atomic E-state index is 13.0. The number of ether oxygens (including phenoxy) is 1. The van der Waals surface area contributed by atoms with Gasteiger partial charge < -0.3 is 20.3 Å². The van der Waals surface area contributed by atoms with Crippen molar-refractivity contribution in [3.05, 3.63) is 90.1 Å². The lowest BCUT2D eigenvalue weighted by Gasteiger charge is -2.27. The molecule has 4 rings (SSSR count). The van der Waals surface area contributed by atoms with Gasteiger partial charge in [-0.3, -0.25) is 4.79 Å². The lowest BCUT2D eigenvalue weighted by Crippen LogP contribution is -2.42. The van der Waals surface area contributed by atoms with E-state index in [-0.39, 0.29) is 17.3 Å². The Morgan fingerprint density at radius 3 is 2.29 bits per heavy atom. The van der Waals surface area contributed by atoms with Gasteiger partial charge in [0.15, 0.2) is 0 Å². The number of urea groups is 1. The Labute approximate surface area is 200 Å². The number of hydrogen-bond acceptors (Lipinski definition) is 3. The van der Waals surface area contributed by atoms with Crippen LogP contribution in [0.2, 0.25) is 0 Å². The lowest BCUT2D eigenvalue weighted by atomic mass is 10.0. The minimum absolute atomic E-state index is 0.0921. The van der Waals surface area contributed by atoms with Gasteiger partial charge in [0.25, 0.3) is 5.91 Å². The van der Waals surface area contributed by atoms with Crippen molar-refractivity contribution in [1.29, 1.82) is 0 Å². The summed E-state index contributed by atoms with van der Waals surface area (Å²) in [5.41, 5.74) is 1.97. The molecule has 3 aromatic carbocycles. The van der Waals surface area contributed by atoms with E-state index in [2.05, 4.69) is 10.6 Å². The van der Waals surface area contributed by atoms with Gasteiger partial charge in [-0.25, -0.2) is 4.79 Å². The minimum Gasteiger partial charge on any atom is -0.496 e. The van der Waals surface area contributed by atoms with Crippen molar-refractivity contribution in [2.24, 2.45) is 0 Å². The van der Waals surface area contributed by atoms with E-state index in [1.165, 1.54) is 0 Å². The topological polar surface area (TPSA) is 70.7 Å². The normalized spacial score (nSPS) is 13.8. The number of anilines is 2. The summed E-state index contributed by atoms with van der Waals surface area (Å²) in [4.78, 5) is 26.9. The second-order valence-electron chi connectivity index (χ2n) is 7.76. The fourth-order valence-corrected chi connectivity index (χ4v) is 3.75. The van der Waals surface area contributed by atoms with E-state index in [0.717, 1.165) is 41.1 Å². The molecule has 0 unspecified atom stereocenters. The Kier molecular flexibility index (Phi) is 6.77. The third-order valence-corrected chi connectivity index (χ3v) is 5.49. The second-order valence-corrected chi connectivity index (χ2v) is 7.76. The number of alkyl halides is 3. The zero-order valence-corrected chi connectivity index (χ0v) is 18.7. The maximum Gasteiger partial charge on any atom is 0.416 e. The molecule has 1 aliphatic heterocycles. The quantitative estimate of drug-likeness (QED) is 0.482. The van der Waals surface area contributed by atoms with Crippen molar-refractivity contribution in [3.63, 3.8) is 0 Å². The number of carbonyl (C=O) groups is 2. The highest BCUT2D eigenvalue weighted by Crippen LogP contribution is 2.32. The molecule has 1 heterocycles. The summed E-state index contributed by atoms with van der Waals surface area (Å²) in [5, 5.41) is 4.93. The van der Waals surface area contributed by atoms with E-state index in [0.29, 0.717) is 18.7 Å². The zero-order chi connectivity index (χ0) is 25.0. The Morgan fingerprint density at radius 2 is 1.63 bits per heavy atom. The summed E-state index contributed by atoms with van der Waals surface area (Å²) < 4.78 is 43.5. The smallest absolute Gasteiger partial charge is 0.416 e. The Morgan fingerprint density at radius 1 is 0.943 bits per heavy atom. The number of nitrogens with zero attached hydrogens (tertiary/aromatic N) is 1. The van der Waals surface area contributed by atoms with E-state index in [1.54, 1.807) is 18.1 Å². The summed E-state index contributed by atoms with van der Waals surface area (Å²) in [6.45, 7) is 0.443. The first-order chi connectivity index (χ1) is 16.8. The molecule has 9 heteroatoms. The first-order valence-corrected chi connectivity index (χ1v) is 10.8. The summed E-state index contributed by atoms with van der Waals surface area (Å²) in [6, 6.07) is 18.4. The van der Waals surface area contributed by atoms with Crippen LogP contribution in [0.25, 0.3) is 11.1 Å². The molecule has 0 aromatic heterocycles. The number of methoxy groups -OCH3 is 1. The van der Waals surface area contributed by atoms with E-state index >= 15 is 0 Å². The number of para-hydroxylation sites is 1. The molecule has 0 saturated carbocycles. The number of halogens is 3. The predicted molar refractivity (Wildman–Crippen MR) is 127 cm³/mol. The van der Waals surface area contributed by atoms with Crippen molar-refractivity contribution < 1.29 is 27.5 Å². The molecule has 0 radical (unpaired) electrons. The molecule has 3 amide bonds. The van der Waals surface area contributed by atoms with Gasteiger partial charge >= 0.3 is 12.2 Å². The number of amides is 3. The van der Waals surface area contributed by atoms with Crippen molar-refractivity contribution in [2.45, 2.75) is 12.6 Å². The minimum atomic E-state index is -4.46. The third kappa shape index (κ3) is 5.46.